The highest BCUT2D eigenvalue weighted by Crippen LogP contribution is 2.57. The number of rotatable bonds is 6. The fourth-order valence-electron chi connectivity index (χ4n) is 6.15. The van der Waals surface area contributed by atoms with E-state index in [0.717, 1.165) is 48.7 Å². The number of methoxy groups -OCH3 is 1. The number of ether oxygens (including phenoxy) is 3. The second-order valence-corrected chi connectivity index (χ2v) is 11.3. The number of likely N-dealkylation sites (tertiary alicyclic amines) is 1. The van der Waals surface area contributed by atoms with Gasteiger partial charge in [0.25, 0.3) is 0 Å². The van der Waals surface area contributed by atoms with E-state index in [0.29, 0.717) is 12.5 Å². The van der Waals surface area contributed by atoms with Crippen LogP contribution in [0.4, 0.5) is 0 Å². The van der Waals surface area contributed by atoms with Crippen molar-refractivity contribution in [1.82, 2.24) is 4.90 Å². The minimum Gasteiger partial charge on any atom is -0.497 e. The maximum atomic E-state index is 7.07. The van der Waals surface area contributed by atoms with Crippen LogP contribution in [0.2, 0.25) is 0 Å². The van der Waals surface area contributed by atoms with Crippen LogP contribution < -0.4 is 14.2 Å². The molecule has 0 bridgehead atoms. The van der Waals surface area contributed by atoms with Crippen molar-refractivity contribution in [2.45, 2.75) is 71.5 Å². The van der Waals surface area contributed by atoms with Gasteiger partial charge in [0.15, 0.2) is 0 Å². The molecule has 3 aromatic carbocycles. The molecule has 1 atom stereocenters. The first-order valence-corrected chi connectivity index (χ1v) is 13.6. The second-order valence-electron chi connectivity index (χ2n) is 11.3. The Balaban J connectivity index is 1.57. The topological polar surface area (TPSA) is 30.9 Å². The van der Waals surface area contributed by atoms with Crippen molar-refractivity contribution in [3.8, 4) is 17.2 Å². The van der Waals surface area contributed by atoms with Crippen LogP contribution in [0.1, 0.15) is 77.5 Å². The molecule has 37 heavy (non-hydrogen) atoms. The zero-order valence-corrected chi connectivity index (χ0v) is 23.5. The van der Waals surface area contributed by atoms with E-state index in [-0.39, 0.29) is 11.5 Å². The van der Waals surface area contributed by atoms with Gasteiger partial charge >= 0.3 is 0 Å². The maximum Gasteiger partial charge on any atom is 0.127 e. The Morgan fingerprint density at radius 3 is 2.16 bits per heavy atom. The predicted molar refractivity (Wildman–Crippen MR) is 150 cm³/mol. The number of benzene rings is 3. The van der Waals surface area contributed by atoms with E-state index in [1.54, 1.807) is 7.11 Å². The smallest absolute Gasteiger partial charge is 0.127 e. The predicted octanol–water partition coefficient (Wildman–Crippen LogP) is 7.31. The summed E-state index contributed by atoms with van der Waals surface area (Å²) < 4.78 is 18.9. The van der Waals surface area contributed by atoms with Crippen molar-refractivity contribution < 1.29 is 14.2 Å². The van der Waals surface area contributed by atoms with Gasteiger partial charge in [0.2, 0.25) is 0 Å². The highest BCUT2D eigenvalue weighted by Gasteiger charge is 2.52. The van der Waals surface area contributed by atoms with Crippen molar-refractivity contribution in [1.29, 1.82) is 0 Å². The van der Waals surface area contributed by atoms with E-state index < -0.39 is 0 Å². The maximum absolute atomic E-state index is 7.07. The quantitative estimate of drug-likeness (QED) is 0.356. The van der Waals surface area contributed by atoms with E-state index >= 15 is 0 Å². The molecule has 0 radical (unpaired) electrons. The normalized spacial score (nSPS) is 18.6. The van der Waals surface area contributed by atoms with Crippen LogP contribution in [-0.2, 0) is 6.61 Å². The van der Waals surface area contributed by atoms with Crippen molar-refractivity contribution >= 4 is 0 Å². The monoisotopic (exact) mass is 499 g/mol. The molecule has 2 aliphatic rings. The highest BCUT2D eigenvalue weighted by molar-refractivity contribution is 5.64. The van der Waals surface area contributed by atoms with E-state index in [1.807, 2.05) is 12.1 Å². The van der Waals surface area contributed by atoms with Gasteiger partial charge < -0.3 is 19.1 Å². The summed E-state index contributed by atoms with van der Waals surface area (Å²) in [7, 11) is 3.91. The number of hydrogen-bond donors (Lipinski definition) is 0. The van der Waals surface area contributed by atoms with Crippen LogP contribution in [0, 0.1) is 20.8 Å². The van der Waals surface area contributed by atoms with E-state index in [1.165, 1.54) is 33.4 Å². The molecular formula is C33H41NO3. The van der Waals surface area contributed by atoms with Gasteiger partial charge in [-0.2, -0.15) is 0 Å². The van der Waals surface area contributed by atoms with E-state index in [9.17, 15) is 0 Å². The number of fused-ring (bicyclic) bond motifs is 1. The Bertz CT molecular complexity index is 1250. The number of piperidine rings is 1. The molecule has 1 unspecified atom stereocenters. The fourth-order valence-corrected chi connectivity index (χ4v) is 6.15. The molecule has 0 N–H and O–H groups in total. The second kappa shape index (κ2) is 10.1. The molecule has 4 heteroatoms. The molecule has 1 saturated heterocycles. The van der Waals surface area contributed by atoms with Crippen molar-refractivity contribution in [2.75, 3.05) is 27.2 Å². The van der Waals surface area contributed by atoms with Crippen LogP contribution in [-0.4, -0.2) is 37.7 Å². The van der Waals surface area contributed by atoms with Crippen LogP contribution in [0.15, 0.2) is 48.5 Å². The molecule has 0 aromatic heterocycles. The molecule has 1 spiro atoms. The molecule has 0 aliphatic carbocycles. The standard InChI is InChI=1S/C33H41NO3/c1-21(2)26-10-12-27(13-11-26)30-29-24(5)31(36-20-25-8-14-28(35-7)15-9-25)22(3)23(4)32(29)37-33(30)16-18-34(6)19-17-33/h8-15,21,30H,16-20H2,1-7H3. The summed E-state index contributed by atoms with van der Waals surface area (Å²) in [6.07, 6.45) is 2.05. The first-order valence-electron chi connectivity index (χ1n) is 13.6. The summed E-state index contributed by atoms with van der Waals surface area (Å²) in [5.74, 6) is 3.64. The van der Waals surface area contributed by atoms with Gasteiger partial charge in [0.05, 0.1) is 13.0 Å². The SMILES string of the molecule is COc1ccc(COc2c(C)c(C)c3c(c2C)C(c2ccc(C(C)C)cc2)C2(CCN(C)CC2)O3)cc1. The van der Waals surface area contributed by atoms with Gasteiger partial charge in [0, 0.05) is 31.5 Å². The lowest BCUT2D eigenvalue weighted by Gasteiger charge is -2.41. The zero-order chi connectivity index (χ0) is 26.3. The Morgan fingerprint density at radius 2 is 1.57 bits per heavy atom. The average molecular weight is 500 g/mol. The van der Waals surface area contributed by atoms with Crippen molar-refractivity contribution in [2.24, 2.45) is 0 Å². The van der Waals surface area contributed by atoms with E-state index in [4.69, 9.17) is 14.2 Å². The Kier molecular flexibility index (Phi) is 6.97. The van der Waals surface area contributed by atoms with Gasteiger partial charge in [-0.3, -0.25) is 0 Å². The largest absolute Gasteiger partial charge is 0.497 e. The van der Waals surface area contributed by atoms with Gasteiger partial charge in [0.1, 0.15) is 29.5 Å². The zero-order valence-electron chi connectivity index (χ0n) is 23.5. The first-order chi connectivity index (χ1) is 17.7. The van der Waals surface area contributed by atoms with Crippen molar-refractivity contribution in [3.63, 3.8) is 0 Å². The summed E-state index contributed by atoms with van der Waals surface area (Å²) in [5.41, 5.74) is 8.52. The van der Waals surface area contributed by atoms with Gasteiger partial charge in [-0.1, -0.05) is 50.2 Å². The van der Waals surface area contributed by atoms with Crippen LogP contribution >= 0.6 is 0 Å². The third kappa shape index (κ3) is 4.61. The lowest BCUT2D eigenvalue weighted by molar-refractivity contribution is 0.0145. The van der Waals surface area contributed by atoms with Crippen LogP contribution in [0.5, 0.6) is 17.2 Å². The summed E-state index contributed by atoms with van der Waals surface area (Å²) in [4.78, 5) is 2.42. The molecule has 1 fully saturated rings. The molecule has 4 nitrogen and oxygen atoms in total. The Labute approximate surface area is 222 Å². The Hall–Kier alpha value is -2.98. The minimum atomic E-state index is -0.218. The Morgan fingerprint density at radius 1 is 0.919 bits per heavy atom. The molecular weight excluding hydrogens is 458 g/mol. The highest BCUT2D eigenvalue weighted by atomic mass is 16.5. The fraction of sp³-hybridized carbons (Fsp3) is 0.455. The molecule has 2 aliphatic heterocycles. The first kappa shape index (κ1) is 25.7. The molecule has 2 heterocycles. The molecule has 5 rings (SSSR count). The molecule has 0 saturated carbocycles. The van der Waals surface area contributed by atoms with Crippen LogP contribution in [0.25, 0.3) is 0 Å². The van der Waals surface area contributed by atoms with Gasteiger partial charge in [-0.05, 0) is 79.3 Å². The number of hydrogen-bond acceptors (Lipinski definition) is 4. The molecule has 0 amide bonds. The summed E-state index contributed by atoms with van der Waals surface area (Å²) in [6, 6.07) is 17.4. The third-order valence-electron chi connectivity index (χ3n) is 8.67. The molecule has 3 aromatic rings. The van der Waals surface area contributed by atoms with Gasteiger partial charge in [-0.15, -0.1) is 0 Å². The lowest BCUT2D eigenvalue weighted by atomic mass is 9.72. The summed E-state index contributed by atoms with van der Waals surface area (Å²) in [6.45, 7) is 13.7. The van der Waals surface area contributed by atoms with Gasteiger partial charge in [-0.25, -0.2) is 0 Å². The lowest BCUT2D eigenvalue weighted by Crippen LogP contribution is -2.48. The average Bonchev–Trinajstić information content (AvgIpc) is 3.24. The van der Waals surface area contributed by atoms with Crippen molar-refractivity contribution in [3.05, 3.63) is 87.5 Å². The summed E-state index contributed by atoms with van der Waals surface area (Å²) in [5, 5.41) is 0. The molecule has 196 valence electrons. The number of nitrogens with zero attached hydrogens (tertiary/aromatic N) is 1. The third-order valence-corrected chi connectivity index (χ3v) is 8.67. The minimum absolute atomic E-state index is 0.194. The summed E-state index contributed by atoms with van der Waals surface area (Å²) >= 11 is 0. The van der Waals surface area contributed by atoms with Crippen LogP contribution in [0.3, 0.4) is 0 Å². The van der Waals surface area contributed by atoms with E-state index in [2.05, 4.69) is 83.0 Å².